The number of carbonyl (C=O) groups excluding carboxylic acids is 1. The molecule has 1 fully saturated rings. The summed E-state index contributed by atoms with van der Waals surface area (Å²) in [5, 5.41) is 14.9. The molecule has 0 saturated carbocycles. The maximum absolute atomic E-state index is 12.1. The predicted octanol–water partition coefficient (Wildman–Crippen LogP) is 1.81. The lowest BCUT2D eigenvalue weighted by molar-refractivity contribution is -0.148. The Morgan fingerprint density at radius 2 is 2.36 bits per heavy atom. The predicted molar refractivity (Wildman–Crippen MR) is 78.3 cm³/mol. The summed E-state index contributed by atoms with van der Waals surface area (Å²) in [6, 6.07) is 3.10. The van der Waals surface area contributed by atoms with Gasteiger partial charge in [-0.15, -0.1) is 11.3 Å². The van der Waals surface area contributed by atoms with Crippen LogP contribution in [0.2, 0.25) is 0 Å². The molecular formula is C14H15N3O4S. The molecular weight excluding hydrogens is 306 g/mol. The van der Waals surface area contributed by atoms with E-state index in [2.05, 4.69) is 10.1 Å². The third-order valence-corrected chi connectivity index (χ3v) is 4.49. The molecule has 2 aromatic rings. The van der Waals surface area contributed by atoms with Crippen molar-refractivity contribution >= 4 is 23.2 Å². The molecule has 3 heterocycles. The highest BCUT2D eigenvalue weighted by molar-refractivity contribution is 7.13. The number of rotatable bonds is 5. The van der Waals surface area contributed by atoms with Gasteiger partial charge in [0.25, 0.3) is 0 Å². The van der Waals surface area contributed by atoms with Crippen molar-refractivity contribution in [2.75, 3.05) is 6.54 Å². The summed E-state index contributed by atoms with van der Waals surface area (Å²) in [5.74, 6) is -0.214. The van der Waals surface area contributed by atoms with Crippen LogP contribution in [-0.4, -0.2) is 44.6 Å². The van der Waals surface area contributed by atoms with Crippen molar-refractivity contribution in [1.82, 2.24) is 15.0 Å². The van der Waals surface area contributed by atoms with Crippen LogP contribution in [0, 0.1) is 0 Å². The third-order valence-electron chi connectivity index (χ3n) is 3.62. The fraction of sp³-hybridized carbons (Fsp3) is 0.429. The molecule has 22 heavy (non-hydrogen) atoms. The second-order valence-electron chi connectivity index (χ2n) is 5.07. The molecule has 1 aliphatic heterocycles. The number of aliphatic carboxylic acids is 1. The molecule has 1 saturated heterocycles. The van der Waals surface area contributed by atoms with E-state index in [1.165, 1.54) is 16.2 Å². The molecule has 116 valence electrons. The van der Waals surface area contributed by atoms with Gasteiger partial charge in [0, 0.05) is 19.4 Å². The number of carboxylic acid groups (broad SMARTS) is 1. The van der Waals surface area contributed by atoms with Crippen LogP contribution in [0.1, 0.15) is 25.2 Å². The highest BCUT2D eigenvalue weighted by Crippen LogP contribution is 2.22. The van der Waals surface area contributed by atoms with Gasteiger partial charge in [-0.25, -0.2) is 4.79 Å². The molecule has 1 amide bonds. The molecule has 3 rings (SSSR count). The standard InChI is InChI=1S/C14H15N3O4S/c18-12(17-7-1-3-9(17)14(19)20)6-5-11-15-13(16-21-11)10-4-2-8-22-10/h2,4,8-9H,1,3,5-7H2,(H,19,20)/t9-/m1/s1. The Hall–Kier alpha value is -2.22. The highest BCUT2D eigenvalue weighted by Gasteiger charge is 2.33. The van der Waals surface area contributed by atoms with Crippen molar-refractivity contribution in [3.63, 3.8) is 0 Å². The number of carbonyl (C=O) groups is 2. The Labute approximate surface area is 130 Å². The zero-order valence-electron chi connectivity index (χ0n) is 11.8. The van der Waals surface area contributed by atoms with Crippen molar-refractivity contribution < 1.29 is 19.2 Å². The number of thiophene rings is 1. The maximum Gasteiger partial charge on any atom is 0.326 e. The normalized spacial score (nSPS) is 17.8. The van der Waals surface area contributed by atoms with Crippen LogP contribution in [0.15, 0.2) is 22.0 Å². The molecule has 2 aromatic heterocycles. The van der Waals surface area contributed by atoms with E-state index in [1.54, 1.807) is 0 Å². The summed E-state index contributed by atoms with van der Waals surface area (Å²) < 4.78 is 5.13. The molecule has 0 aliphatic carbocycles. The van der Waals surface area contributed by atoms with Gasteiger partial charge in [0.1, 0.15) is 6.04 Å². The zero-order valence-corrected chi connectivity index (χ0v) is 12.6. The van der Waals surface area contributed by atoms with E-state index in [9.17, 15) is 9.59 Å². The van der Waals surface area contributed by atoms with Gasteiger partial charge in [0.05, 0.1) is 4.88 Å². The van der Waals surface area contributed by atoms with Crippen LogP contribution in [0.25, 0.3) is 10.7 Å². The van der Waals surface area contributed by atoms with Gasteiger partial charge < -0.3 is 14.5 Å². The number of amides is 1. The molecule has 0 aromatic carbocycles. The van der Waals surface area contributed by atoms with Crippen LogP contribution in [-0.2, 0) is 16.0 Å². The van der Waals surface area contributed by atoms with Crippen molar-refractivity contribution in [2.24, 2.45) is 0 Å². The van der Waals surface area contributed by atoms with Crippen LogP contribution in [0.3, 0.4) is 0 Å². The second kappa shape index (κ2) is 6.27. The Morgan fingerprint density at radius 3 is 3.09 bits per heavy atom. The number of hydrogen-bond donors (Lipinski definition) is 1. The Bertz CT molecular complexity index is 667. The van der Waals surface area contributed by atoms with Crippen molar-refractivity contribution in [3.8, 4) is 10.7 Å². The molecule has 8 heteroatoms. The number of aromatic nitrogens is 2. The molecule has 0 radical (unpaired) electrons. The lowest BCUT2D eigenvalue weighted by Gasteiger charge is -2.20. The largest absolute Gasteiger partial charge is 0.480 e. The molecule has 1 aliphatic rings. The number of carboxylic acids is 1. The first kappa shape index (κ1) is 14.7. The van der Waals surface area contributed by atoms with E-state index >= 15 is 0 Å². The van der Waals surface area contributed by atoms with Crippen LogP contribution >= 0.6 is 11.3 Å². The van der Waals surface area contributed by atoms with Gasteiger partial charge in [-0.3, -0.25) is 4.79 Å². The lowest BCUT2D eigenvalue weighted by atomic mass is 10.2. The van der Waals surface area contributed by atoms with Gasteiger partial charge >= 0.3 is 5.97 Å². The van der Waals surface area contributed by atoms with E-state index in [4.69, 9.17) is 9.63 Å². The first-order chi connectivity index (χ1) is 10.6. The maximum atomic E-state index is 12.1. The monoisotopic (exact) mass is 321 g/mol. The summed E-state index contributed by atoms with van der Waals surface area (Å²) in [7, 11) is 0. The molecule has 1 N–H and O–H groups in total. The molecule has 0 bridgehead atoms. The van der Waals surface area contributed by atoms with E-state index in [1.807, 2.05) is 17.5 Å². The van der Waals surface area contributed by atoms with E-state index in [-0.39, 0.29) is 12.3 Å². The average Bonchev–Trinajstić information content (AvgIpc) is 3.23. The average molecular weight is 321 g/mol. The van der Waals surface area contributed by atoms with E-state index < -0.39 is 12.0 Å². The van der Waals surface area contributed by atoms with E-state index in [0.717, 1.165) is 11.3 Å². The Balaban J connectivity index is 1.58. The zero-order chi connectivity index (χ0) is 15.5. The highest BCUT2D eigenvalue weighted by atomic mass is 32.1. The summed E-state index contributed by atoms with van der Waals surface area (Å²) >= 11 is 1.51. The molecule has 0 unspecified atom stereocenters. The van der Waals surface area contributed by atoms with Crippen molar-refractivity contribution in [3.05, 3.63) is 23.4 Å². The summed E-state index contributed by atoms with van der Waals surface area (Å²) in [4.78, 5) is 29.8. The second-order valence-corrected chi connectivity index (χ2v) is 6.02. The van der Waals surface area contributed by atoms with Crippen molar-refractivity contribution in [2.45, 2.75) is 31.7 Å². The fourth-order valence-corrected chi connectivity index (χ4v) is 3.19. The number of hydrogen-bond acceptors (Lipinski definition) is 6. The van der Waals surface area contributed by atoms with Gasteiger partial charge in [-0.2, -0.15) is 4.98 Å². The van der Waals surface area contributed by atoms with Gasteiger partial charge in [-0.1, -0.05) is 11.2 Å². The summed E-state index contributed by atoms with van der Waals surface area (Å²) in [5.41, 5.74) is 0. The Kier molecular flexibility index (Phi) is 4.19. The number of likely N-dealkylation sites (tertiary alicyclic amines) is 1. The minimum Gasteiger partial charge on any atom is -0.480 e. The lowest BCUT2D eigenvalue weighted by Crippen LogP contribution is -2.40. The summed E-state index contributed by atoms with van der Waals surface area (Å²) in [6.07, 6.45) is 1.74. The SMILES string of the molecule is O=C(O)[C@H]1CCCN1C(=O)CCc1nc(-c2cccs2)no1. The minimum absolute atomic E-state index is 0.176. The van der Waals surface area contributed by atoms with Crippen LogP contribution < -0.4 is 0 Å². The number of nitrogens with zero attached hydrogens (tertiary/aromatic N) is 3. The molecule has 1 atom stereocenters. The first-order valence-electron chi connectivity index (χ1n) is 7.04. The minimum atomic E-state index is -0.941. The quantitative estimate of drug-likeness (QED) is 0.902. The fourth-order valence-electron chi connectivity index (χ4n) is 2.54. The molecule has 0 spiro atoms. The van der Waals surface area contributed by atoms with Crippen LogP contribution in [0.5, 0.6) is 0 Å². The topological polar surface area (TPSA) is 96.5 Å². The van der Waals surface area contributed by atoms with E-state index in [0.29, 0.717) is 31.1 Å². The van der Waals surface area contributed by atoms with Gasteiger partial charge in [-0.05, 0) is 24.3 Å². The van der Waals surface area contributed by atoms with Crippen molar-refractivity contribution in [1.29, 1.82) is 0 Å². The Morgan fingerprint density at radius 1 is 1.50 bits per heavy atom. The van der Waals surface area contributed by atoms with Gasteiger partial charge in [0.15, 0.2) is 0 Å². The van der Waals surface area contributed by atoms with Crippen LogP contribution in [0.4, 0.5) is 0 Å². The first-order valence-corrected chi connectivity index (χ1v) is 7.92. The number of aryl methyl sites for hydroxylation is 1. The third kappa shape index (κ3) is 3.01. The summed E-state index contributed by atoms with van der Waals surface area (Å²) in [6.45, 7) is 0.500. The van der Waals surface area contributed by atoms with Gasteiger partial charge in [0.2, 0.25) is 17.6 Å². The molecule has 7 nitrogen and oxygen atoms in total. The smallest absolute Gasteiger partial charge is 0.326 e.